The highest BCUT2D eigenvalue weighted by Crippen LogP contribution is 2.36. The Morgan fingerprint density at radius 1 is 1.00 bits per heavy atom. The molecule has 3 aromatic rings. The summed E-state index contributed by atoms with van der Waals surface area (Å²) in [6, 6.07) is 17.7. The third kappa shape index (κ3) is 3.13. The first kappa shape index (κ1) is 17.5. The van der Waals surface area contributed by atoms with Crippen LogP contribution in [0.15, 0.2) is 59.8 Å². The van der Waals surface area contributed by atoms with Crippen LogP contribution in [-0.2, 0) is 10.5 Å². The van der Waals surface area contributed by atoms with Crippen molar-refractivity contribution >= 4 is 22.8 Å². The number of thioether (sulfide) groups is 1. The molecular weight excluding hydrogens is 352 g/mol. The van der Waals surface area contributed by atoms with E-state index in [2.05, 4.69) is 4.98 Å². The van der Waals surface area contributed by atoms with Gasteiger partial charge in [-0.3, -0.25) is 4.57 Å². The summed E-state index contributed by atoms with van der Waals surface area (Å²) >= 11 is 1.54. The number of hydrogen-bond donors (Lipinski definition) is 3. The van der Waals surface area contributed by atoms with Crippen LogP contribution in [0.2, 0.25) is 0 Å². The zero-order valence-corrected chi connectivity index (χ0v) is 14.8. The standard InChI is InChI=1S/C19H20N2O4S/c22-10-15-16(23)17(24)18(25-15)21-14-9-5-4-8-13(14)20-19(21)26-11-12-6-2-1-3-7-12/h1-9,15-18,22-24H,10-11H2. The highest BCUT2D eigenvalue weighted by Gasteiger charge is 2.44. The average molecular weight is 372 g/mol. The number of imidazole rings is 1. The van der Waals surface area contributed by atoms with Crippen LogP contribution in [-0.4, -0.2) is 49.8 Å². The van der Waals surface area contributed by atoms with E-state index in [1.807, 2.05) is 59.2 Å². The fourth-order valence-electron chi connectivity index (χ4n) is 3.19. The molecule has 4 rings (SSSR count). The second-order valence-corrected chi connectivity index (χ2v) is 7.20. The van der Waals surface area contributed by atoms with Crippen LogP contribution in [0.3, 0.4) is 0 Å². The Kier molecular flexibility index (Phi) is 4.97. The lowest BCUT2D eigenvalue weighted by Gasteiger charge is -2.19. The molecule has 0 amide bonds. The third-order valence-electron chi connectivity index (χ3n) is 4.55. The summed E-state index contributed by atoms with van der Waals surface area (Å²) in [6.45, 7) is -0.353. The van der Waals surface area contributed by atoms with E-state index in [1.54, 1.807) is 11.8 Å². The summed E-state index contributed by atoms with van der Waals surface area (Å²) in [6.07, 6.45) is -3.89. The van der Waals surface area contributed by atoms with Crippen molar-refractivity contribution in [3.63, 3.8) is 0 Å². The fourth-order valence-corrected chi connectivity index (χ4v) is 4.18. The molecule has 4 unspecified atom stereocenters. The molecule has 0 radical (unpaired) electrons. The molecule has 0 saturated carbocycles. The molecule has 0 spiro atoms. The first-order chi connectivity index (χ1) is 12.7. The van der Waals surface area contributed by atoms with Crippen molar-refractivity contribution in [1.29, 1.82) is 0 Å². The lowest BCUT2D eigenvalue weighted by molar-refractivity contribution is -0.0546. The van der Waals surface area contributed by atoms with Gasteiger partial charge in [0, 0.05) is 5.75 Å². The smallest absolute Gasteiger partial charge is 0.171 e. The van der Waals surface area contributed by atoms with Gasteiger partial charge in [0.1, 0.15) is 18.3 Å². The molecule has 3 N–H and O–H groups in total. The van der Waals surface area contributed by atoms with Crippen LogP contribution >= 0.6 is 11.8 Å². The van der Waals surface area contributed by atoms with Gasteiger partial charge >= 0.3 is 0 Å². The molecule has 1 fully saturated rings. The Bertz CT molecular complexity index is 886. The predicted molar refractivity (Wildman–Crippen MR) is 98.7 cm³/mol. The normalized spacial score (nSPS) is 25.8. The molecule has 4 atom stereocenters. The Balaban J connectivity index is 1.70. The van der Waals surface area contributed by atoms with Gasteiger partial charge in [-0.05, 0) is 17.7 Å². The Hall–Kier alpha value is -1.90. The van der Waals surface area contributed by atoms with E-state index >= 15 is 0 Å². The third-order valence-corrected chi connectivity index (χ3v) is 5.57. The minimum absolute atomic E-state index is 0.353. The molecule has 136 valence electrons. The molecule has 0 bridgehead atoms. The lowest BCUT2D eigenvalue weighted by atomic mass is 10.1. The van der Waals surface area contributed by atoms with Gasteiger partial charge in [0.15, 0.2) is 11.4 Å². The van der Waals surface area contributed by atoms with E-state index in [0.29, 0.717) is 5.16 Å². The molecule has 2 heterocycles. The minimum atomic E-state index is -1.14. The van der Waals surface area contributed by atoms with Gasteiger partial charge in [0.25, 0.3) is 0 Å². The molecular formula is C19H20N2O4S. The van der Waals surface area contributed by atoms with Crippen LogP contribution in [0.5, 0.6) is 0 Å². The number of aliphatic hydroxyl groups excluding tert-OH is 3. The second kappa shape index (κ2) is 7.38. The van der Waals surface area contributed by atoms with Crippen LogP contribution in [0, 0.1) is 0 Å². The van der Waals surface area contributed by atoms with Gasteiger partial charge in [-0.15, -0.1) is 0 Å². The zero-order valence-electron chi connectivity index (χ0n) is 14.0. The van der Waals surface area contributed by atoms with Crippen molar-refractivity contribution in [3.05, 3.63) is 60.2 Å². The average Bonchev–Trinajstić information content (AvgIpc) is 3.18. The van der Waals surface area contributed by atoms with Crippen molar-refractivity contribution in [2.75, 3.05) is 6.61 Å². The van der Waals surface area contributed by atoms with Gasteiger partial charge in [-0.2, -0.15) is 0 Å². The Morgan fingerprint density at radius 2 is 1.73 bits per heavy atom. The van der Waals surface area contributed by atoms with Crippen molar-refractivity contribution < 1.29 is 20.1 Å². The van der Waals surface area contributed by atoms with Gasteiger partial charge in [-0.1, -0.05) is 54.2 Å². The number of nitrogens with zero attached hydrogens (tertiary/aromatic N) is 2. The molecule has 26 heavy (non-hydrogen) atoms. The molecule has 0 aliphatic carbocycles. The van der Waals surface area contributed by atoms with Crippen LogP contribution < -0.4 is 0 Å². The first-order valence-electron chi connectivity index (χ1n) is 8.45. The number of para-hydroxylation sites is 2. The predicted octanol–water partition coefficient (Wildman–Crippen LogP) is 1.94. The number of hydrogen-bond acceptors (Lipinski definition) is 6. The maximum absolute atomic E-state index is 10.5. The molecule has 7 heteroatoms. The van der Waals surface area contributed by atoms with Crippen molar-refractivity contribution in [1.82, 2.24) is 9.55 Å². The summed E-state index contributed by atoms with van der Waals surface area (Å²) in [5.41, 5.74) is 2.77. The maximum Gasteiger partial charge on any atom is 0.171 e. The topological polar surface area (TPSA) is 87.7 Å². The number of aromatic nitrogens is 2. The van der Waals surface area contributed by atoms with E-state index in [4.69, 9.17) is 4.74 Å². The summed E-state index contributed by atoms with van der Waals surface area (Å²) in [7, 11) is 0. The van der Waals surface area contributed by atoms with E-state index < -0.39 is 24.5 Å². The molecule has 2 aromatic carbocycles. The van der Waals surface area contributed by atoms with E-state index in [-0.39, 0.29) is 6.61 Å². The van der Waals surface area contributed by atoms with Crippen LogP contribution in [0.4, 0.5) is 0 Å². The zero-order chi connectivity index (χ0) is 18.1. The summed E-state index contributed by atoms with van der Waals surface area (Å²) in [5, 5.41) is 30.7. The van der Waals surface area contributed by atoms with Gasteiger partial charge in [-0.25, -0.2) is 4.98 Å². The number of rotatable bonds is 5. The highest BCUT2D eigenvalue weighted by atomic mass is 32.2. The molecule has 1 aliphatic heterocycles. The number of ether oxygens (including phenoxy) is 1. The van der Waals surface area contributed by atoms with Crippen molar-refractivity contribution in [2.24, 2.45) is 0 Å². The summed E-state index contributed by atoms with van der Waals surface area (Å²) in [4.78, 5) is 4.67. The lowest BCUT2D eigenvalue weighted by Crippen LogP contribution is -2.33. The quantitative estimate of drug-likeness (QED) is 0.594. The van der Waals surface area contributed by atoms with Gasteiger partial charge in [0.05, 0.1) is 17.6 Å². The number of aliphatic hydroxyl groups is 3. The van der Waals surface area contributed by atoms with E-state index in [0.717, 1.165) is 22.3 Å². The van der Waals surface area contributed by atoms with Crippen LogP contribution in [0.25, 0.3) is 11.0 Å². The van der Waals surface area contributed by atoms with E-state index in [1.165, 1.54) is 0 Å². The monoisotopic (exact) mass is 372 g/mol. The molecule has 1 saturated heterocycles. The van der Waals surface area contributed by atoms with Crippen LogP contribution in [0.1, 0.15) is 11.8 Å². The maximum atomic E-state index is 10.5. The van der Waals surface area contributed by atoms with Crippen molar-refractivity contribution in [3.8, 4) is 0 Å². The Morgan fingerprint density at radius 3 is 2.46 bits per heavy atom. The Labute approximate surface area is 155 Å². The molecule has 1 aromatic heterocycles. The largest absolute Gasteiger partial charge is 0.394 e. The van der Waals surface area contributed by atoms with E-state index in [9.17, 15) is 15.3 Å². The number of benzene rings is 2. The second-order valence-electron chi connectivity index (χ2n) is 6.26. The summed E-state index contributed by atoms with van der Waals surface area (Å²) < 4.78 is 7.55. The van der Waals surface area contributed by atoms with Gasteiger partial charge < -0.3 is 20.1 Å². The SMILES string of the molecule is OCC1OC(n2c(SCc3ccccc3)nc3ccccc32)C(O)C1O. The fraction of sp³-hybridized carbons (Fsp3) is 0.316. The molecule has 1 aliphatic rings. The van der Waals surface area contributed by atoms with Gasteiger partial charge in [0.2, 0.25) is 0 Å². The first-order valence-corrected chi connectivity index (χ1v) is 9.43. The summed E-state index contributed by atoms with van der Waals surface area (Å²) in [5.74, 6) is 0.721. The highest BCUT2D eigenvalue weighted by molar-refractivity contribution is 7.98. The minimum Gasteiger partial charge on any atom is -0.394 e. The number of fused-ring (bicyclic) bond motifs is 1. The van der Waals surface area contributed by atoms with Crippen molar-refractivity contribution in [2.45, 2.75) is 35.4 Å². The molecule has 6 nitrogen and oxygen atoms in total.